The lowest BCUT2D eigenvalue weighted by molar-refractivity contribution is -0.124. The average molecular weight is 419 g/mol. The minimum absolute atomic E-state index is 0.133. The van der Waals surface area contributed by atoms with Gasteiger partial charge in [-0.25, -0.2) is 0 Å². The van der Waals surface area contributed by atoms with Gasteiger partial charge in [0, 0.05) is 12.0 Å². The molecule has 1 aliphatic heterocycles. The SMILES string of the molecule is CSCC[C@@H](NC(=O)c1ccccc1Cl)C(=O)N[C@H]1CCOc2ccccc21. The van der Waals surface area contributed by atoms with Crippen molar-refractivity contribution in [3.63, 3.8) is 0 Å². The number of ether oxygens (including phenoxy) is 1. The molecule has 7 heteroatoms. The van der Waals surface area contributed by atoms with Crippen LogP contribution in [0.3, 0.4) is 0 Å². The topological polar surface area (TPSA) is 67.4 Å². The van der Waals surface area contributed by atoms with Crippen molar-refractivity contribution in [1.82, 2.24) is 10.6 Å². The molecule has 1 aliphatic rings. The number of thioether (sulfide) groups is 1. The molecule has 0 saturated carbocycles. The van der Waals surface area contributed by atoms with Crippen LogP contribution in [0, 0.1) is 0 Å². The van der Waals surface area contributed by atoms with Crippen LogP contribution in [0.1, 0.15) is 34.8 Å². The summed E-state index contributed by atoms with van der Waals surface area (Å²) in [5, 5.41) is 6.29. The van der Waals surface area contributed by atoms with E-state index in [4.69, 9.17) is 16.3 Å². The summed E-state index contributed by atoms with van der Waals surface area (Å²) in [6.45, 7) is 0.545. The molecule has 2 amide bonds. The van der Waals surface area contributed by atoms with Gasteiger partial charge in [0.05, 0.1) is 23.2 Å². The van der Waals surface area contributed by atoms with Crippen molar-refractivity contribution in [2.24, 2.45) is 0 Å². The van der Waals surface area contributed by atoms with Crippen molar-refractivity contribution in [2.75, 3.05) is 18.6 Å². The van der Waals surface area contributed by atoms with E-state index in [1.165, 1.54) is 0 Å². The predicted molar refractivity (Wildman–Crippen MR) is 113 cm³/mol. The number of hydrogen-bond acceptors (Lipinski definition) is 4. The highest BCUT2D eigenvalue weighted by atomic mass is 35.5. The zero-order valence-electron chi connectivity index (χ0n) is 15.6. The fourth-order valence-electron chi connectivity index (χ4n) is 3.15. The van der Waals surface area contributed by atoms with Crippen molar-refractivity contribution in [2.45, 2.75) is 24.9 Å². The molecule has 2 aromatic rings. The van der Waals surface area contributed by atoms with Gasteiger partial charge in [-0.2, -0.15) is 11.8 Å². The summed E-state index contributed by atoms with van der Waals surface area (Å²) < 4.78 is 5.66. The number of carbonyl (C=O) groups excluding carboxylic acids is 2. The molecule has 5 nitrogen and oxygen atoms in total. The summed E-state index contributed by atoms with van der Waals surface area (Å²) in [5.74, 6) is 1.00. The summed E-state index contributed by atoms with van der Waals surface area (Å²) in [6, 6.07) is 13.7. The van der Waals surface area contributed by atoms with E-state index in [0.717, 1.165) is 17.1 Å². The van der Waals surface area contributed by atoms with Crippen LogP contribution in [-0.4, -0.2) is 36.5 Å². The molecule has 2 N–H and O–H groups in total. The van der Waals surface area contributed by atoms with Crippen LogP contribution in [-0.2, 0) is 4.79 Å². The Morgan fingerprint density at radius 1 is 1.21 bits per heavy atom. The third kappa shape index (κ3) is 5.00. The Bertz CT molecular complexity index is 846. The quantitative estimate of drug-likeness (QED) is 0.717. The lowest BCUT2D eigenvalue weighted by atomic mass is 10.00. The van der Waals surface area contributed by atoms with Gasteiger partial charge in [-0.15, -0.1) is 0 Å². The Morgan fingerprint density at radius 2 is 1.96 bits per heavy atom. The molecule has 0 aliphatic carbocycles. The Morgan fingerprint density at radius 3 is 2.75 bits per heavy atom. The van der Waals surface area contributed by atoms with Gasteiger partial charge in [-0.05, 0) is 36.6 Å². The Kier molecular flexibility index (Phi) is 7.23. The molecule has 148 valence electrons. The molecule has 28 heavy (non-hydrogen) atoms. The largest absolute Gasteiger partial charge is 0.493 e. The third-order valence-corrected chi connectivity index (χ3v) is 5.60. The summed E-state index contributed by atoms with van der Waals surface area (Å²) in [5.41, 5.74) is 1.32. The van der Waals surface area contributed by atoms with Crippen LogP contribution >= 0.6 is 23.4 Å². The first-order valence-electron chi connectivity index (χ1n) is 9.16. The van der Waals surface area contributed by atoms with Gasteiger partial charge in [0.15, 0.2) is 0 Å². The van der Waals surface area contributed by atoms with Crippen molar-refractivity contribution in [3.8, 4) is 5.75 Å². The van der Waals surface area contributed by atoms with Crippen molar-refractivity contribution < 1.29 is 14.3 Å². The second kappa shape index (κ2) is 9.85. The molecular weight excluding hydrogens is 396 g/mol. The first-order chi connectivity index (χ1) is 13.6. The standard InChI is InChI=1S/C21H23ClN2O3S/c1-28-13-11-18(24-20(25)14-6-2-4-8-16(14)22)21(26)23-17-10-12-27-19-9-5-3-7-15(17)19/h2-9,17-18H,10-13H2,1H3,(H,23,26)(H,24,25)/t17-,18+/m0/s1. The number of nitrogens with one attached hydrogen (secondary N) is 2. The smallest absolute Gasteiger partial charge is 0.253 e. The van der Waals surface area contributed by atoms with Crippen molar-refractivity contribution in [3.05, 3.63) is 64.7 Å². The van der Waals surface area contributed by atoms with E-state index in [9.17, 15) is 9.59 Å². The van der Waals surface area contributed by atoms with Crippen LogP contribution in [0.5, 0.6) is 5.75 Å². The number of para-hydroxylation sites is 1. The van der Waals surface area contributed by atoms with Gasteiger partial charge in [-0.1, -0.05) is 41.9 Å². The molecule has 2 aromatic carbocycles. The number of amides is 2. The van der Waals surface area contributed by atoms with Gasteiger partial charge >= 0.3 is 0 Å². The summed E-state index contributed by atoms with van der Waals surface area (Å²) in [7, 11) is 0. The fraction of sp³-hybridized carbons (Fsp3) is 0.333. The first-order valence-corrected chi connectivity index (χ1v) is 10.9. The summed E-state index contributed by atoms with van der Waals surface area (Å²) in [6.07, 6.45) is 3.20. The van der Waals surface area contributed by atoms with Gasteiger partial charge < -0.3 is 15.4 Å². The molecule has 2 atom stereocenters. The highest BCUT2D eigenvalue weighted by Crippen LogP contribution is 2.31. The molecule has 0 bridgehead atoms. The molecule has 0 spiro atoms. The molecule has 0 aromatic heterocycles. The van der Waals surface area contributed by atoms with E-state index in [1.54, 1.807) is 36.0 Å². The first kappa shape index (κ1) is 20.6. The lowest BCUT2D eigenvalue weighted by Gasteiger charge is -2.28. The maximum Gasteiger partial charge on any atom is 0.253 e. The minimum atomic E-state index is -0.633. The molecule has 3 rings (SSSR count). The van der Waals surface area contributed by atoms with Gasteiger partial charge in [0.1, 0.15) is 11.8 Å². The van der Waals surface area contributed by atoms with Crippen molar-refractivity contribution >= 4 is 35.2 Å². The van der Waals surface area contributed by atoms with E-state index < -0.39 is 6.04 Å². The molecule has 0 saturated heterocycles. The van der Waals surface area contributed by atoms with Crippen LogP contribution in [0.15, 0.2) is 48.5 Å². The van der Waals surface area contributed by atoms with Gasteiger partial charge in [-0.3, -0.25) is 9.59 Å². The molecule has 0 fully saturated rings. The molecule has 0 unspecified atom stereocenters. The summed E-state index contributed by atoms with van der Waals surface area (Å²) >= 11 is 7.75. The van der Waals surface area contributed by atoms with Gasteiger partial charge in [0.25, 0.3) is 5.91 Å². The number of rotatable bonds is 7. The predicted octanol–water partition coefficient (Wildman–Crippen LogP) is 3.83. The van der Waals surface area contributed by atoms with E-state index in [-0.39, 0.29) is 17.9 Å². The van der Waals surface area contributed by atoms with E-state index >= 15 is 0 Å². The van der Waals surface area contributed by atoms with Crippen molar-refractivity contribution in [1.29, 1.82) is 0 Å². The number of carbonyl (C=O) groups is 2. The average Bonchev–Trinajstić information content (AvgIpc) is 2.71. The lowest BCUT2D eigenvalue weighted by Crippen LogP contribution is -2.48. The Balaban J connectivity index is 1.72. The normalized spacial score (nSPS) is 16.4. The minimum Gasteiger partial charge on any atom is -0.493 e. The van der Waals surface area contributed by atoms with Crippen LogP contribution in [0.2, 0.25) is 5.02 Å². The Hall–Kier alpha value is -2.18. The number of hydrogen-bond donors (Lipinski definition) is 2. The maximum absolute atomic E-state index is 13.0. The number of fused-ring (bicyclic) bond motifs is 1. The van der Waals surface area contributed by atoms with Crippen LogP contribution in [0.4, 0.5) is 0 Å². The zero-order chi connectivity index (χ0) is 19.9. The van der Waals surface area contributed by atoms with Crippen LogP contribution < -0.4 is 15.4 Å². The third-order valence-electron chi connectivity index (χ3n) is 4.63. The Labute approximate surface area is 174 Å². The highest BCUT2D eigenvalue weighted by molar-refractivity contribution is 7.98. The van der Waals surface area contributed by atoms with E-state index in [2.05, 4.69) is 10.6 Å². The van der Waals surface area contributed by atoms with E-state index in [0.29, 0.717) is 30.0 Å². The van der Waals surface area contributed by atoms with E-state index in [1.807, 2.05) is 30.5 Å². The maximum atomic E-state index is 13.0. The fourth-order valence-corrected chi connectivity index (χ4v) is 3.84. The van der Waals surface area contributed by atoms with Crippen LogP contribution in [0.25, 0.3) is 0 Å². The molecule has 0 radical (unpaired) electrons. The second-order valence-electron chi connectivity index (χ2n) is 6.52. The highest BCUT2D eigenvalue weighted by Gasteiger charge is 2.27. The molecule has 1 heterocycles. The monoisotopic (exact) mass is 418 g/mol. The zero-order valence-corrected chi connectivity index (χ0v) is 17.2. The van der Waals surface area contributed by atoms with Gasteiger partial charge in [0.2, 0.25) is 5.91 Å². The number of halogens is 1. The second-order valence-corrected chi connectivity index (χ2v) is 7.92. The number of benzene rings is 2. The summed E-state index contributed by atoms with van der Waals surface area (Å²) in [4.78, 5) is 25.6. The molecular formula is C21H23ClN2O3S.